The molecule has 0 spiro atoms. The number of carbonyl (C=O) groups is 2. The number of hydrogen-bond donors (Lipinski definition) is 2. The highest BCUT2D eigenvalue weighted by Crippen LogP contribution is 2.24. The average Bonchev–Trinajstić information content (AvgIpc) is 3.39. The Hall–Kier alpha value is -3.69. The average molecular weight is 423 g/mol. The van der Waals surface area contributed by atoms with Crippen molar-refractivity contribution >= 4 is 11.8 Å². The van der Waals surface area contributed by atoms with Crippen LogP contribution in [0.25, 0.3) is 0 Å². The van der Waals surface area contributed by atoms with Gasteiger partial charge in [-0.25, -0.2) is 4.98 Å². The molecule has 0 unspecified atom stereocenters. The second-order valence-electron chi connectivity index (χ2n) is 7.50. The number of benzene rings is 1. The smallest absolute Gasteiger partial charge is 0.272 e. The maximum absolute atomic E-state index is 13.0. The van der Waals surface area contributed by atoms with Gasteiger partial charge in [-0.15, -0.1) is 0 Å². The highest BCUT2D eigenvalue weighted by Gasteiger charge is 2.28. The van der Waals surface area contributed by atoms with Gasteiger partial charge in [0.25, 0.3) is 11.8 Å². The van der Waals surface area contributed by atoms with Crippen molar-refractivity contribution in [2.75, 3.05) is 20.2 Å². The van der Waals surface area contributed by atoms with Crippen molar-refractivity contribution in [1.82, 2.24) is 35.2 Å². The largest absolute Gasteiger partial charge is 0.496 e. The Bertz CT molecular complexity index is 1120. The summed E-state index contributed by atoms with van der Waals surface area (Å²) >= 11 is 0. The van der Waals surface area contributed by atoms with Gasteiger partial charge in [-0.1, -0.05) is 6.07 Å². The van der Waals surface area contributed by atoms with E-state index in [1.54, 1.807) is 28.8 Å². The molecule has 0 atom stereocenters. The van der Waals surface area contributed by atoms with E-state index < -0.39 is 0 Å². The van der Waals surface area contributed by atoms with Gasteiger partial charge in [0.2, 0.25) is 0 Å². The van der Waals surface area contributed by atoms with Gasteiger partial charge >= 0.3 is 0 Å². The Morgan fingerprint density at radius 2 is 2.16 bits per heavy atom. The molecule has 0 radical (unpaired) electrons. The zero-order chi connectivity index (χ0) is 22.0. The molecule has 0 saturated carbocycles. The molecule has 4 rings (SSSR count). The third-order valence-corrected chi connectivity index (χ3v) is 5.53. The van der Waals surface area contributed by atoms with Gasteiger partial charge in [0.15, 0.2) is 5.69 Å². The van der Waals surface area contributed by atoms with E-state index in [0.717, 1.165) is 22.6 Å². The number of amides is 2. The van der Waals surface area contributed by atoms with E-state index in [1.807, 2.05) is 20.0 Å². The molecule has 162 valence electrons. The van der Waals surface area contributed by atoms with Crippen LogP contribution in [0, 0.1) is 6.92 Å². The third-order valence-electron chi connectivity index (χ3n) is 5.53. The van der Waals surface area contributed by atoms with Crippen molar-refractivity contribution in [3.8, 4) is 5.75 Å². The van der Waals surface area contributed by atoms with E-state index >= 15 is 0 Å². The van der Waals surface area contributed by atoms with Crippen molar-refractivity contribution in [1.29, 1.82) is 0 Å². The van der Waals surface area contributed by atoms with Crippen LogP contribution in [0.2, 0.25) is 0 Å². The Morgan fingerprint density at radius 1 is 1.32 bits per heavy atom. The van der Waals surface area contributed by atoms with E-state index in [1.165, 1.54) is 6.33 Å². The highest BCUT2D eigenvalue weighted by molar-refractivity contribution is 5.96. The van der Waals surface area contributed by atoms with Crippen molar-refractivity contribution in [3.05, 3.63) is 58.4 Å². The lowest BCUT2D eigenvalue weighted by Gasteiger charge is -2.27. The van der Waals surface area contributed by atoms with Crippen molar-refractivity contribution in [3.63, 3.8) is 0 Å². The summed E-state index contributed by atoms with van der Waals surface area (Å²) in [7, 11) is 3.40. The number of nitrogens with one attached hydrogen (secondary N) is 2. The molecular weight excluding hydrogens is 398 g/mol. The van der Waals surface area contributed by atoms with Gasteiger partial charge in [-0.3, -0.25) is 19.4 Å². The number of carbonyl (C=O) groups excluding carboxylic acids is 2. The molecule has 10 heteroatoms. The molecule has 3 aromatic rings. The Balaban J connectivity index is 1.40. The summed E-state index contributed by atoms with van der Waals surface area (Å²) in [5.74, 6) is 1.17. The maximum Gasteiger partial charge on any atom is 0.272 e. The van der Waals surface area contributed by atoms with Crippen LogP contribution in [0.3, 0.4) is 0 Å². The van der Waals surface area contributed by atoms with Crippen LogP contribution in [-0.2, 0) is 26.4 Å². The summed E-state index contributed by atoms with van der Waals surface area (Å²) in [5.41, 5.74) is 3.59. The molecule has 0 fully saturated rings. The summed E-state index contributed by atoms with van der Waals surface area (Å²) in [6.45, 7) is 3.27. The number of aromatic nitrogens is 5. The normalized spacial score (nSPS) is 13.1. The predicted molar refractivity (Wildman–Crippen MR) is 112 cm³/mol. The molecular formula is C21H25N7O3. The second-order valence-corrected chi connectivity index (χ2v) is 7.50. The number of rotatable bonds is 6. The minimum absolute atomic E-state index is 0.0757. The number of aryl methyl sites for hydroxylation is 2. The lowest BCUT2D eigenvalue weighted by Crippen LogP contribution is -2.36. The Kier molecular flexibility index (Phi) is 5.70. The first-order valence-corrected chi connectivity index (χ1v) is 10.1. The summed E-state index contributed by atoms with van der Waals surface area (Å²) in [4.78, 5) is 31.4. The molecule has 10 nitrogen and oxygen atoms in total. The molecule has 1 aromatic carbocycles. The minimum Gasteiger partial charge on any atom is -0.496 e. The number of nitrogens with zero attached hydrogens (tertiary/aromatic N) is 5. The number of ether oxygens (including phenoxy) is 1. The molecule has 0 bridgehead atoms. The third kappa shape index (κ3) is 4.14. The molecule has 3 heterocycles. The summed E-state index contributed by atoms with van der Waals surface area (Å²) < 4.78 is 7.01. The number of methoxy groups -OCH3 is 1. The van der Waals surface area contributed by atoms with Crippen LogP contribution < -0.4 is 10.1 Å². The van der Waals surface area contributed by atoms with Crippen LogP contribution in [0.15, 0.2) is 24.5 Å². The standard InChI is InChI=1S/C21H25N7O3/c1-13-4-5-14(10-17(13)31-3)21(30)28-9-7-15-16(11-28)25-26-19(15)20(29)22-8-6-18-23-12-24-27(18)2/h4-5,10,12H,6-9,11H2,1-3H3,(H,22,29)(H,25,26). The van der Waals surface area contributed by atoms with Crippen LogP contribution in [0.1, 0.15) is 43.5 Å². The summed E-state index contributed by atoms with van der Waals surface area (Å²) in [6.07, 6.45) is 2.63. The summed E-state index contributed by atoms with van der Waals surface area (Å²) in [5, 5.41) is 14.0. The first kappa shape index (κ1) is 20.6. The van der Waals surface area contributed by atoms with Crippen molar-refractivity contribution in [2.45, 2.75) is 26.3 Å². The van der Waals surface area contributed by atoms with Gasteiger partial charge in [0.05, 0.1) is 19.3 Å². The number of fused-ring (bicyclic) bond motifs is 1. The van der Waals surface area contributed by atoms with Crippen LogP contribution >= 0.6 is 0 Å². The molecule has 1 aliphatic heterocycles. The highest BCUT2D eigenvalue weighted by atomic mass is 16.5. The number of hydrogen-bond acceptors (Lipinski definition) is 6. The Labute approximate surface area is 179 Å². The van der Waals surface area contributed by atoms with Gasteiger partial charge in [0.1, 0.15) is 17.9 Å². The molecule has 0 saturated heterocycles. The quantitative estimate of drug-likeness (QED) is 0.611. The van der Waals surface area contributed by atoms with E-state index in [4.69, 9.17) is 4.74 Å². The zero-order valence-corrected chi connectivity index (χ0v) is 17.8. The summed E-state index contributed by atoms with van der Waals surface area (Å²) in [6, 6.07) is 5.44. The Morgan fingerprint density at radius 3 is 2.90 bits per heavy atom. The monoisotopic (exact) mass is 423 g/mol. The molecule has 0 aliphatic carbocycles. The van der Waals surface area contributed by atoms with Gasteiger partial charge < -0.3 is 15.0 Å². The van der Waals surface area contributed by atoms with Crippen LogP contribution in [0.5, 0.6) is 5.75 Å². The first-order chi connectivity index (χ1) is 15.0. The number of aromatic amines is 1. The first-order valence-electron chi connectivity index (χ1n) is 10.1. The molecule has 1 aliphatic rings. The van der Waals surface area contributed by atoms with Crippen LogP contribution in [-0.4, -0.2) is 61.9 Å². The predicted octanol–water partition coefficient (Wildman–Crippen LogP) is 1.03. The maximum atomic E-state index is 13.0. The number of H-pyrrole nitrogens is 1. The second kappa shape index (κ2) is 8.58. The lowest BCUT2D eigenvalue weighted by molar-refractivity contribution is 0.0732. The SMILES string of the molecule is COc1cc(C(=O)N2CCc3c(C(=O)NCCc4ncnn4C)n[nH]c3C2)ccc1C. The van der Waals surface area contributed by atoms with Crippen molar-refractivity contribution in [2.24, 2.45) is 7.05 Å². The van der Waals surface area contributed by atoms with E-state index in [9.17, 15) is 9.59 Å². The molecule has 2 aromatic heterocycles. The molecule has 2 amide bonds. The van der Waals surface area contributed by atoms with Crippen molar-refractivity contribution < 1.29 is 14.3 Å². The van der Waals surface area contributed by atoms with E-state index in [0.29, 0.717) is 49.5 Å². The van der Waals surface area contributed by atoms with Crippen LogP contribution in [0.4, 0.5) is 0 Å². The molecule has 2 N–H and O–H groups in total. The van der Waals surface area contributed by atoms with Gasteiger partial charge in [-0.2, -0.15) is 10.2 Å². The van der Waals surface area contributed by atoms with E-state index in [-0.39, 0.29) is 11.8 Å². The topological polar surface area (TPSA) is 118 Å². The fourth-order valence-corrected chi connectivity index (χ4v) is 3.73. The van der Waals surface area contributed by atoms with Gasteiger partial charge in [0, 0.05) is 37.7 Å². The minimum atomic E-state index is -0.234. The fourth-order valence-electron chi connectivity index (χ4n) is 3.73. The fraction of sp³-hybridized carbons (Fsp3) is 0.381. The molecule has 31 heavy (non-hydrogen) atoms. The lowest BCUT2D eigenvalue weighted by atomic mass is 10.0. The zero-order valence-electron chi connectivity index (χ0n) is 17.8. The van der Waals surface area contributed by atoms with E-state index in [2.05, 4.69) is 25.6 Å². The van der Waals surface area contributed by atoms with Gasteiger partial charge in [-0.05, 0) is 31.0 Å².